The highest BCUT2D eigenvalue weighted by Gasteiger charge is 2.12. The smallest absolute Gasteiger partial charge is 0.142 e. The molecule has 1 heterocycles. The van der Waals surface area contributed by atoms with Gasteiger partial charge in [0.15, 0.2) is 0 Å². The second-order valence-corrected chi connectivity index (χ2v) is 5.81. The summed E-state index contributed by atoms with van der Waals surface area (Å²) in [7, 11) is 0. The van der Waals surface area contributed by atoms with Gasteiger partial charge in [-0.05, 0) is 25.1 Å². The molecule has 0 radical (unpaired) electrons. The molecule has 1 aromatic carbocycles. The maximum Gasteiger partial charge on any atom is 0.142 e. The van der Waals surface area contributed by atoms with Crippen LogP contribution >= 0.6 is 34.5 Å². The minimum atomic E-state index is -0.486. The zero-order valence-corrected chi connectivity index (χ0v) is 12.7. The lowest BCUT2D eigenvalue weighted by molar-refractivity contribution is 0.628. The summed E-state index contributed by atoms with van der Waals surface area (Å²) in [5, 5.41) is 6.53. The van der Waals surface area contributed by atoms with Crippen molar-refractivity contribution in [1.29, 1.82) is 0 Å². The van der Waals surface area contributed by atoms with E-state index in [9.17, 15) is 4.39 Å². The highest BCUT2D eigenvalue weighted by atomic mass is 35.5. The molecule has 19 heavy (non-hydrogen) atoms. The third kappa shape index (κ3) is 3.66. The fraction of sp³-hybridized carbons (Fsp3) is 0.308. The van der Waals surface area contributed by atoms with Crippen molar-refractivity contribution < 1.29 is 4.39 Å². The van der Waals surface area contributed by atoms with Crippen LogP contribution in [0, 0.1) is 5.82 Å². The van der Waals surface area contributed by atoms with E-state index >= 15 is 0 Å². The second-order valence-electron chi connectivity index (χ2n) is 4.05. The molecule has 2 aromatic rings. The summed E-state index contributed by atoms with van der Waals surface area (Å²) in [4.78, 5) is 4.45. The molecule has 0 amide bonds. The molecule has 0 atom stereocenters. The monoisotopic (exact) mass is 318 g/mol. The van der Waals surface area contributed by atoms with Gasteiger partial charge in [-0.15, -0.1) is 11.3 Å². The second kappa shape index (κ2) is 6.66. The van der Waals surface area contributed by atoms with Crippen LogP contribution in [-0.4, -0.2) is 11.5 Å². The first-order chi connectivity index (χ1) is 9.11. The lowest BCUT2D eigenvalue weighted by Crippen LogP contribution is -2.13. The molecule has 2 nitrogen and oxygen atoms in total. The molecule has 1 aromatic heterocycles. The molecule has 0 spiro atoms. The van der Waals surface area contributed by atoms with Crippen molar-refractivity contribution >= 4 is 34.5 Å². The summed E-state index contributed by atoms with van der Waals surface area (Å²) in [5.41, 5.74) is 1.25. The van der Waals surface area contributed by atoms with Crippen LogP contribution in [0.15, 0.2) is 17.5 Å². The highest BCUT2D eigenvalue weighted by Crippen LogP contribution is 2.32. The van der Waals surface area contributed by atoms with Crippen LogP contribution in [0.2, 0.25) is 10.0 Å². The molecule has 0 fully saturated rings. The van der Waals surface area contributed by atoms with Gasteiger partial charge < -0.3 is 5.32 Å². The minimum Gasteiger partial charge on any atom is -0.310 e. The Labute approximate surface area is 125 Å². The van der Waals surface area contributed by atoms with Crippen LogP contribution in [0.3, 0.4) is 0 Å². The standard InChI is InChI=1S/C13H13Cl2FN2S/c1-2-3-17-6-13-18-12(7-19-13)8-4-11(16)10(15)5-9(8)14/h4-5,7,17H,2-3,6H2,1H3. The predicted molar refractivity (Wildman–Crippen MR) is 79.5 cm³/mol. The Morgan fingerprint density at radius 1 is 1.32 bits per heavy atom. The van der Waals surface area contributed by atoms with E-state index in [1.54, 1.807) is 0 Å². The van der Waals surface area contributed by atoms with Gasteiger partial charge in [-0.2, -0.15) is 0 Å². The molecule has 0 unspecified atom stereocenters. The Balaban J connectivity index is 2.20. The van der Waals surface area contributed by atoms with Crippen molar-refractivity contribution in [2.75, 3.05) is 6.54 Å². The Hall–Kier alpha value is -0.680. The average molecular weight is 319 g/mol. The van der Waals surface area contributed by atoms with Crippen molar-refractivity contribution in [2.45, 2.75) is 19.9 Å². The Bertz CT molecular complexity index is 572. The zero-order valence-electron chi connectivity index (χ0n) is 10.3. The predicted octanol–water partition coefficient (Wildman–Crippen LogP) is 4.76. The van der Waals surface area contributed by atoms with Crippen LogP contribution in [0.5, 0.6) is 0 Å². The van der Waals surface area contributed by atoms with Gasteiger partial charge in [-0.1, -0.05) is 30.1 Å². The first-order valence-electron chi connectivity index (χ1n) is 5.92. The van der Waals surface area contributed by atoms with Crippen LogP contribution in [-0.2, 0) is 6.54 Å². The topological polar surface area (TPSA) is 24.9 Å². The summed E-state index contributed by atoms with van der Waals surface area (Å²) in [6.07, 6.45) is 1.08. The Morgan fingerprint density at radius 3 is 2.84 bits per heavy atom. The van der Waals surface area contributed by atoms with Crippen LogP contribution in [0.4, 0.5) is 4.39 Å². The molecular weight excluding hydrogens is 306 g/mol. The molecule has 0 aliphatic heterocycles. The van der Waals surface area contributed by atoms with E-state index in [1.165, 1.54) is 23.5 Å². The summed E-state index contributed by atoms with van der Waals surface area (Å²) >= 11 is 13.3. The maximum absolute atomic E-state index is 13.5. The number of halogens is 3. The van der Waals surface area contributed by atoms with Gasteiger partial charge in [-0.3, -0.25) is 0 Å². The fourth-order valence-corrected chi connectivity index (χ4v) is 2.85. The molecule has 0 bridgehead atoms. The van der Waals surface area contributed by atoms with Crippen molar-refractivity contribution in [3.05, 3.63) is 38.4 Å². The van der Waals surface area contributed by atoms with Crippen LogP contribution < -0.4 is 5.32 Å². The van der Waals surface area contributed by atoms with Gasteiger partial charge >= 0.3 is 0 Å². The minimum absolute atomic E-state index is 0.0221. The quantitative estimate of drug-likeness (QED) is 0.635. The van der Waals surface area contributed by atoms with E-state index in [1.807, 2.05) is 5.38 Å². The van der Waals surface area contributed by atoms with Gasteiger partial charge in [0.1, 0.15) is 10.8 Å². The van der Waals surface area contributed by atoms with Gasteiger partial charge in [0.2, 0.25) is 0 Å². The number of aromatic nitrogens is 1. The lowest BCUT2D eigenvalue weighted by Gasteiger charge is -2.03. The first kappa shape index (κ1) is 14.7. The van der Waals surface area contributed by atoms with E-state index in [4.69, 9.17) is 23.2 Å². The van der Waals surface area contributed by atoms with Crippen molar-refractivity contribution in [3.63, 3.8) is 0 Å². The number of thiazole rings is 1. The number of nitrogens with one attached hydrogen (secondary N) is 1. The molecular formula is C13H13Cl2FN2S. The van der Waals surface area contributed by atoms with Gasteiger partial charge in [0.05, 0.1) is 15.7 Å². The fourth-order valence-electron chi connectivity index (χ4n) is 1.61. The van der Waals surface area contributed by atoms with Crippen molar-refractivity contribution in [1.82, 2.24) is 10.3 Å². The molecule has 0 saturated carbocycles. The first-order valence-corrected chi connectivity index (χ1v) is 7.55. The van der Waals surface area contributed by atoms with Crippen LogP contribution in [0.25, 0.3) is 11.3 Å². The van der Waals surface area contributed by atoms with E-state index in [-0.39, 0.29) is 5.02 Å². The van der Waals surface area contributed by atoms with Crippen molar-refractivity contribution in [2.24, 2.45) is 0 Å². The van der Waals surface area contributed by atoms with Crippen molar-refractivity contribution in [3.8, 4) is 11.3 Å². The van der Waals surface area contributed by atoms with Gasteiger partial charge in [-0.25, -0.2) is 9.37 Å². The number of rotatable bonds is 5. The molecule has 2 rings (SSSR count). The normalized spacial score (nSPS) is 10.9. The molecule has 0 saturated heterocycles. The molecule has 102 valence electrons. The number of hydrogen-bond donors (Lipinski definition) is 1. The number of benzene rings is 1. The zero-order chi connectivity index (χ0) is 13.8. The van der Waals surface area contributed by atoms with Gasteiger partial charge in [0, 0.05) is 17.5 Å². The largest absolute Gasteiger partial charge is 0.310 e. The lowest BCUT2D eigenvalue weighted by atomic mass is 10.2. The third-order valence-electron chi connectivity index (χ3n) is 2.54. The number of hydrogen-bond acceptors (Lipinski definition) is 3. The third-order valence-corrected chi connectivity index (χ3v) is 3.99. The maximum atomic E-state index is 13.5. The summed E-state index contributed by atoms with van der Waals surface area (Å²) in [6, 6.07) is 2.73. The summed E-state index contributed by atoms with van der Waals surface area (Å²) < 4.78 is 13.5. The molecule has 0 aliphatic rings. The Morgan fingerprint density at radius 2 is 2.11 bits per heavy atom. The highest BCUT2D eigenvalue weighted by molar-refractivity contribution is 7.09. The van der Waals surface area contributed by atoms with E-state index < -0.39 is 5.82 Å². The SMILES string of the molecule is CCCNCc1nc(-c2cc(F)c(Cl)cc2Cl)cs1. The van der Waals surface area contributed by atoms with Gasteiger partial charge in [0.25, 0.3) is 0 Å². The van der Waals surface area contributed by atoms with Crippen LogP contribution in [0.1, 0.15) is 18.4 Å². The van der Waals surface area contributed by atoms with E-state index in [0.29, 0.717) is 22.8 Å². The molecule has 6 heteroatoms. The average Bonchev–Trinajstić information content (AvgIpc) is 2.83. The molecule has 0 aliphatic carbocycles. The number of nitrogens with zero attached hydrogens (tertiary/aromatic N) is 1. The summed E-state index contributed by atoms with van der Waals surface area (Å²) in [6.45, 7) is 3.77. The Kier molecular flexibility index (Phi) is 5.16. The van der Waals surface area contributed by atoms with E-state index in [0.717, 1.165) is 18.0 Å². The summed E-state index contributed by atoms with van der Waals surface area (Å²) in [5.74, 6) is -0.486. The molecule has 1 N–H and O–H groups in total. The van der Waals surface area contributed by atoms with E-state index in [2.05, 4.69) is 17.2 Å².